The van der Waals surface area contributed by atoms with Crippen molar-refractivity contribution >= 4 is 63.1 Å². The van der Waals surface area contributed by atoms with E-state index in [9.17, 15) is 19.5 Å². The van der Waals surface area contributed by atoms with Crippen LogP contribution in [0.15, 0.2) is 120 Å². The van der Waals surface area contributed by atoms with E-state index in [-0.39, 0.29) is 23.1 Å². The monoisotopic (exact) mass is 628 g/mol. The maximum atomic E-state index is 13.6. The number of fused-ring (bicyclic) bond motifs is 1. The fourth-order valence-corrected chi connectivity index (χ4v) is 5.92. The molecule has 0 bridgehead atoms. The van der Waals surface area contributed by atoms with Crippen LogP contribution in [0.3, 0.4) is 0 Å². The van der Waals surface area contributed by atoms with Crippen molar-refractivity contribution in [3.05, 3.63) is 126 Å². The lowest BCUT2D eigenvalue weighted by molar-refractivity contribution is -0.115. The number of nitrogens with zero attached hydrogens (tertiary/aromatic N) is 3. The van der Waals surface area contributed by atoms with Crippen LogP contribution in [0, 0.1) is 0 Å². The summed E-state index contributed by atoms with van der Waals surface area (Å²) in [5, 5.41) is 13.0. The number of carbonyl (C=O) groups excluding carboxylic acids is 2. The Hall–Kier alpha value is -5.74. The van der Waals surface area contributed by atoms with Gasteiger partial charge in [0.25, 0.3) is 5.91 Å². The predicted molar refractivity (Wildman–Crippen MR) is 182 cm³/mol. The average Bonchev–Trinajstić information content (AvgIpc) is 3.38. The molecule has 10 heteroatoms. The van der Waals surface area contributed by atoms with E-state index in [1.54, 1.807) is 68.6 Å². The number of anilines is 2. The van der Waals surface area contributed by atoms with Crippen LogP contribution in [-0.2, 0) is 9.59 Å². The fourth-order valence-electron chi connectivity index (χ4n) is 4.99. The van der Waals surface area contributed by atoms with Gasteiger partial charge in [-0.05, 0) is 55.5 Å². The fraction of sp³-hybridized carbons (Fsp3) is 0.0833. The molecule has 2 N–H and O–H groups in total. The number of benzene rings is 4. The Morgan fingerprint density at radius 1 is 0.935 bits per heavy atom. The number of amidine groups is 1. The van der Waals surface area contributed by atoms with Gasteiger partial charge in [0.15, 0.2) is 5.17 Å². The van der Waals surface area contributed by atoms with E-state index in [0.29, 0.717) is 50.0 Å². The van der Waals surface area contributed by atoms with Crippen molar-refractivity contribution in [1.82, 2.24) is 4.98 Å². The number of thioether (sulfide) groups is 1. The number of aliphatic imine (C=N–C) groups is 1. The molecule has 1 atom stereocenters. The minimum atomic E-state index is -1.03. The summed E-state index contributed by atoms with van der Waals surface area (Å²) in [5.41, 5.74) is 4.11. The number of ether oxygens (including phenoxy) is 1. The number of rotatable bonds is 8. The topological polar surface area (TPSA) is 121 Å². The maximum Gasteiger partial charge on any atom is 0.336 e. The Morgan fingerprint density at radius 3 is 2.37 bits per heavy atom. The number of carboxylic acid groups (broad SMARTS) is 1. The summed E-state index contributed by atoms with van der Waals surface area (Å²) in [6.07, 6.45) is 1.68. The number of carbonyl (C=O) groups is 3. The van der Waals surface area contributed by atoms with Gasteiger partial charge >= 0.3 is 5.97 Å². The van der Waals surface area contributed by atoms with Crippen LogP contribution in [-0.4, -0.2) is 45.4 Å². The molecule has 0 saturated carbocycles. The van der Waals surface area contributed by atoms with E-state index < -0.39 is 11.2 Å². The van der Waals surface area contributed by atoms with Crippen LogP contribution in [0.1, 0.15) is 22.8 Å². The zero-order chi connectivity index (χ0) is 32.2. The summed E-state index contributed by atoms with van der Waals surface area (Å²) >= 11 is 1.18. The van der Waals surface area contributed by atoms with E-state index in [1.165, 1.54) is 16.7 Å². The molecule has 2 amide bonds. The molecule has 0 spiro atoms. The molecule has 0 saturated heterocycles. The number of hydrogen-bond acceptors (Lipinski definition) is 7. The lowest BCUT2D eigenvalue weighted by Crippen LogP contribution is -2.33. The zero-order valence-electron chi connectivity index (χ0n) is 24.9. The highest BCUT2D eigenvalue weighted by Gasteiger charge is 2.34. The second kappa shape index (κ2) is 13.1. The minimum Gasteiger partial charge on any atom is -0.496 e. The molecule has 2 heterocycles. The van der Waals surface area contributed by atoms with Crippen LogP contribution in [0.5, 0.6) is 5.75 Å². The smallest absolute Gasteiger partial charge is 0.336 e. The Bertz CT molecular complexity index is 2030. The van der Waals surface area contributed by atoms with Crippen LogP contribution in [0.25, 0.3) is 28.2 Å². The number of pyridine rings is 1. The van der Waals surface area contributed by atoms with Crippen LogP contribution >= 0.6 is 11.8 Å². The normalized spacial score (nSPS) is 14.3. The molecule has 0 aliphatic carbocycles. The molecule has 6 rings (SSSR count). The number of hydrogen-bond donors (Lipinski definition) is 2. The highest BCUT2D eigenvalue weighted by atomic mass is 32.2. The van der Waals surface area contributed by atoms with Gasteiger partial charge in [-0.3, -0.25) is 14.5 Å². The standard InChI is InChI=1S/C36H28N4O5S/c1-22(33(41)37-25-18-16-23(17-19-25)30-21-28(35(43)44)27-13-7-8-14-29(27)38-30)46-36-39-31(20-24-10-6-9-15-32(24)45-2)34(42)40(36)26-11-4-3-5-12-26/h3-22H,1-2H3,(H,37,41)(H,43,44)/b31-20-. The first-order valence-corrected chi connectivity index (χ1v) is 15.2. The first kappa shape index (κ1) is 30.3. The largest absolute Gasteiger partial charge is 0.496 e. The minimum absolute atomic E-state index is 0.169. The van der Waals surface area contributed by atoms with E-state index in [2.05, 4.69) is 15.3 Å². The molecule has 1 aromatic heterocycles. The summed E-state index contributed by atoms with van der Waals surface area (Å²) in [4.78, 5) is 49.6. The van der Waals surface area contributed by atoms with Gasteiger partial charge in [0, 0.05) is 22.2 Å². The van der Waals surface area contributed by atoms with Crippen LogP contribution in [0.2, 0.25) is 0 Å². The summed E-state index contributed by atoms with van der Waals surface area (Å²) < 4.78 is 5.44. The number of aromatic nitrogens is 1. The lowest BCUT2D eigenvalue weighted by atomic mass is 10.0. The SMILES string of the molecule is COc1ccccc1/C=C1\N=C(SC(C)C(=O)Nc2ccc(-c3cc(C(=O)O)c4ccccc4n3)cc2)N(c2ccccc2)C1=O. The predicted octanol–water partition coefficient (Wildman–Crippen LogP) is 7.11. The van der Waals surface area contributed by atoms with E-state index in [0.717, 1.165) is 0 Å². The lowest BCUT2D eigenvalue weighted by Gasteiger charge is -2.20. The Balaban J connectivity index is 1.21. The Labute approximate surface area is 269 Å². The molecule has 4 aromatic carbocycles. The van der Waals surface area contributed by atoms with Crippen molar-refractivity contribution < 1.29 is 24.2 Å². The molecule has 0 radical (unpaired) electrons. The summed E-state index contributed by atoms with van der Waals surface area (Å²) in [6, 6.07) is 32.2. The van der Waals surface area contributed by atoms with E-state index in [1.807, 2.05) is 60.7 Å². The molecular weight excluding hydrogens is 600 g/mol. The van der Waals surface area contributed by atoms with Crippen molar-refractivity contribution in [2.75, 3.05) is 17.3 Å². The van der Waals surface area contributed by atoms with Gasteiger partial charge in [0.05, 0.1) is 34.8 Å². The van der Waals surface area contributed by atoms with E-state index >= 15 is 0 Å². The third kappa shape index (κ3) is 6.24. The molecule has 5 aromatic rings. The Morgan fingerprint density at radius 2 is 1.63 bits per heavy atom. The summed E-state index contributed by atoms with van der Waals surface area (Å²) in [7, 11) is 1.57. The first-order valence-electron chi connectivity index (χ1n) is 14.4. The van der Waals surface area contributed by atoms with Gasteiger partial charge in [-0.25, -0.2) is 14.8 Å². The molecule has 0 fully saturated rings. The maximum absolute atomic E-state index is 13.6. The molecule has 9 nitrogen and oxygen atoms in total. The molecule has 1 unspecified atom stereocenters. The highest BCUT2D eigenvalue weighted by molar-refractivity contribution is 8.15. The number of para-hydroxylation sites is 3. The van der Waals surface area contributed by atoms with Crippen molar-refractivity contribution in [2.24, 2.45) is 4.99 Å². The quantitative estimate of drug-likeness (QED) is 0.176. The number of aromatic carboxylic acids is 1. The van der Waals surface area contributed by atoms with Gasteiger partial charge in [-0.15, -0.1) is 0 Å². The second-order valence-corrected chi connectivity index (χ2v) is 11.7. The number of amides is 2. The summed E-state index contributed by atoms with van der Waals surface area (Å²) in [5.74, 6) is -1.00. The third-order valence-corrected chi connectivity index (χ3v) is 8.37. The van der Waals surface area contributed by atoms with Crippen LogP contribution < -0.4 is 15.0 Å². The zero-order valence-corrected chi connectivity index (χ0v) is 25.7. The van der Waals surface area contributed by atoms with Crippen molar-refractivity contribution in [1.29, 1.82) is 0 Å². The number of nitrogens with one attached hydrogen (secondary N) is 1. The van der Waals surface area contributed by atoms with Crippen molar-refractivity contribution in [3.63, 3.8) is 0 Å². The highest BCUT2D eigenvalue weighted by Crippen LogP contribution is 2.33. The van der Waals surface area contributed by atoms with Gasteiger partial charge < -0.3 is 15.2 Å². The molecule has 1 aliphatic heterocycles. The third-order valence-electron chi connectivity index (χ3n) is 7.32. The Kier molecular flexibility index (Phi) is 8.62. The summed E-state index contributed by atoms with van der Waals surface area (Å²) in [6.45, 7) is 1.75. The van der Waals surface area contributed by atoms with Crippen molar-refractivity contribution in [3.8, 4) is 17.0 Å². The number of carboxylic acids is 1. The molecule has 46 heavy (non-hydrogen) atoms. The molecular formula is C36H28N4O5S. The second-order valence-electron chi connectivity index (χ2n) is 10.3. The van der Waals surface area contributed by atoms with Gasteiger partial charge in [0.1, 0.15) is 11.4 Å². The van der Waals surface area contributed by atoms with Crippen molar-refractivity contribution in [2.45, 2.75) is 12.2 Å². The first-order chi connectivity index (χ1) is 22.3. The van der Waals surface area contributed by atoms with Gasteiger partial charge in [0.2, 0.25) is 5.91 Å². The number of methoxy groups -OCH3 is 1. The average molecular weight is 629 g/mol. The molecule has 228 valence electrons. The van der Waals surface area contributed by atoms with Crippen LogP contribution in [0.4, 0.5) is 11.4 Å². The van der Waals surface area contributed by atoms with Gasteiger partial charge in [-0.1, -0.05) is 78.5 Å². The molecule has 1 aliphatic rings. The van der Waals surface area contributed by atoms with E-state index in [4.69, 9.17) is 4.74 Å². The van der Waals surface area contributed by atoms with Gasteiger partial charge in [-0.2, -0.15) is 0 Å².